The summed E-state index contributed by atoms with van der Waals surface area (Å²) >= 11 is 0. The molecule has 0 unspecified atom stereocenters. The molecule has 1 spiro atoms. The van der Waals surface area contributed by atoms with Crippen molar-refractivity contribution in [3.8, 4) is 0 Å². The Labute approximate surface area is 108 Å². The third-order valence-corrected chi connectivity index (χ3v) is 3.87. The minimum absolute atomic E-state index is 0.0160. The van der Waals surface area contributed by atoms with Gasteiger partial charge in [0, 0.05) is 6.54 Å². The molecule has 0 aromatic rings. The van der Waals surface area contributed by atoms with Gasteiger partial charge >= 0.3 is 6.03 Å². The Morgan fingerprint density at radius 3 is 2.56 bits per heavy atom. The molecule has 2 rings (SSSR count). The predicted molar refractivity (Wildman–Crippen MR) is 69.2 cm³/mol. The van der Waals surface area contributed by atoms with Gasteiger partial charge in [0.2, 0.25) is 0 Å². The van der Waals surface area contributed by atoms with Crippen LogP contribution < -0.4 is 10.6 Å². The standard InChI is InChI=1S/C13H23N3O2/c1-10(2)4-3-9-16-11(17)13(15-12(16)18)5-7-14-8-6-13/h10,14H,3-9H2,1-2H3,(H,15,18). The van der Waals surface area contributed by atoms with Crippen molar-refractivity contribution in [2.45, 2.75) is 45.1 Å². The second-order valence-electron chi connectivity index (χ2n) is 5.76. The molecule has 5 heteroatoms. The summed E-state index contributed by atoms with van der Waals surface area (Å²) in [6.45, 7) is 6.45. The van der Waals surface area contributed by atoms with Crippen molar-refractivity contribution in [3.63, 3.8) is 0 Å². The van der Waals surface area contributed by atoms with Crippen molar-refractivity contribution >= 4 is 11.9 Å². The molecule has 0 aromatic heterocycles. The summed E-state index contributed by atoms with van der Waals surface area (Å²) in [5, 5.41) is 6.13. The van der Waals surface area contributed by atoms with E-state index in [0.29, 0.717) is 25.3 Å². The first-order valence-electron chi connectivity index (χ1n) is 6.90. The molecule has 2 fully saturated rings. The van der Waals surface area contributed by atoms with Gasteiger partial charge < -0.3 is 10.6 Å². The monoisotopic (exact) mass is 253 g/mol. The Balaban J connectivity index is 1.96. The van der Waals surface area contributed by atoms with E-state index >= 15 is 0 Å². The van der Waals surface area contributed by atoms with Gasteiger partial charge in [-0.1, -0.05) is 13.8 Å². The van der Waals surface area contributed by atoms with E-state index in [1.54, 1.807) is 0 Å². The number of carbonyl (C=O) groups excluding carboxylic acids is 2. The molecule has 2 aliphatic rings. The third-order valence-electron chi connectivity index (χ3n) is 3.87. The van der Waals surface area contributed by atoms with Gasteiger partial charge in [0.15, 0.2) is 0 Å². The summed E-state index contributed by atoms with van der Waals surface area (Å²) in [5.41, 5.74) is -0.611. The molecule has 102 valence electrons. The van der Waals surface area contributed by atoms with Crippen LogP contribution in [0.3, 0.4) is 0 Å². The fourth-order valence-corrected chi connectivity index (χ4v) is 2.73. The Kier molecular flexibility index (Phi) is 3.90. The van der Waals surface area contributed by atoms with Gasteiger partial charge in [0.1, 0.15) is 5.54 Å². The third kappa shape index (κ3) is 2.51. The molecule has 0 bridgehead atoms. The van der Waals surface area contributed by atoms with Crippen LogP contribution in [0, 0.1) is 5.92 Å². The first-order chi connectivity index (χ1) is 8.55. The Morgan fingerprint density at radius 2 is 1.94 bits per heavy atom. The summed E-state index contributed by atoms with van der Waals surface area (Å²) in [5.74, 6) is 0.594. The van der Waals surface area contributed by atoms with Gasteiger partial charge in [0.05, 0.1) is 0 Å². The fraction of sp³-hybridized carbons (Fsp3) is 0.846. The molecule has 2 heterocycles. The zero-order chi connectivity index (χ0) is 13.2. The van der Waals surface area contributed by atoms with Crippen LogP contribution >= 0.6 is 0 Å². The van der Waals surface area contributed by atoms with Crippen LogP contribution in [0.5, 0.6) is 0 Å². The molecule has 2 N–H and O–H groups in total. The van der Waals surface area contributed by atoms with Gasteiger partial charge in [0.25, 0.3) is 5.91 Å². The average molecular weight is 253 g/mol. The van der Waals surface area contributed by atoms with Crippen LogP contribution in [0.25, 0.3) is 0 Å². The van der Waals surface area contributed by atoms with Gasteiger partial charge in [-0.3, -0.25) is 9.69 Å². The lowest BCUT2D eigenvalue weighted by atomic mass is 9.88. The molecule has 2 aliphatic heterocycles. The number of piperidine rings is 1. The fourth-order valence-electron chi connectivity index (χ4n) is 2.73. The number of nitrogens with zero attached hydrogens (tertiary/aromatic N) is 1. The van der Waals surface area contributed by atoms with Crippen LogP contribution in [0.4, 0.5) is 4.79 Å². The molecule has 0 saturated carbocycles. The first kappa shape index (κ1) is 13.3. The highest BCUT2D eigenvalue weighted by molar-refractivity contribution is 6.07. The number of urea groups is 1. The molecule has 5 nitrogen and oxygen atoms in total. The number of nitrogens with one attached hydrogen (secondary N) is 2. The van der Waals surface area contributed by atoms with Gasteiger partial charge in [-0.15, -0.1) is 0 Å². The lowest BCUT2D eigenvalue weighted by Crippen LogP contribution is -2.53. The van der Waals surface area contributed by atoms with Crippen molar-refractivity contribution in [1.29, 1.82) is 0 Å². The van der Waals surface area contributed by atoms with Crippen LogP contribution in [0.1, 0.15) is 39.5 Å². The van der Waals surface area contributed by atoms with E-state index in [-0.39, 0.29) is 11.9 Å². The smallest absolute Gasteiger partial charge is 0.323 e. The second-order valence-corrected chi connectivity index (χ2v) is 5.76. The summed E-state index contributed by atoms with van der Waals surface area (Å²) in [4.78, 5) is 25.7. The molecule has 0 atom stereocenters. The highest BCUT2D eigenvalue weighted by atomic mass is 16.2. The molecule has 18 heavy (non-hydrogen) atoms. The van der Waals surface area contributed by atoms with E-state index in [2.05, 4.69) is 24.5 Å². The van der Waals surface area contributed by atoms with Crippen molar-refractivity contribution < 1.29 is 9.59 Å². The largest absolute Gasteiger partial charge is 0.325 e. The van der Waals surface area contributed by atoms with E-state index in [1.807, 2.05) is 0 Å². The summed E-state index contributed by atoms with van der Waals surface area (Å²) in [6, 6.07) is -0.203. The quantitative estimate of drug-likeness (QED) is 0.737. The van der Waals surface area contributed by atoms with Crippen LogP contribution in [0.15, 0.2) is 0 Å². The lowest BCUT2D eigenvalue weighted by Gasteiger charge is -2.31. The maximum absolute atomic E-state index is 12.4. The SMILES string of the molecule is CC(C)CCCN1C(=O)NC2(CCNCC2)C1=O. The van der Waals surface area contributed by atoms with E-state index in [4.69, 9.17) is 0 Å². The number of hydrogen-bond donors (Lipinski definition) is 2. The second kappa shape index (κ2) is 5.26. The Bertz CT molecular complexity index is 335. The van der Waals surface area contributed by atoms with Crippen LogP contribution in [-0.4, -0.2) is 42.0 Å². The van der Waals surface area contributed by atoms with E-state index in [0.717, 1.165) is 25.9 Å². The number of hydrogen-bond acceptors (Lipinski definition) is 3. The van der Waals surface area contributed by atoms with E-state index in [9.17, 15) is 9.59 Å². The number of imide groups is 1. The Hall–Kier alpha value is -1.10. The van der Waals surface area contributed by atoms with Crippen LogP contribution in [-0.2, 0) is 4.79 Å². The molecular weight excluding hydrogens is 230 g/mol. The van der Waals surface area contributed by atoms with E-state index < -0.39 is 5.54 Å². The maximum Gasteiger partial charge on any atom is 0.325 e. The zero-order valence-electron chi connectivity index (χ0n) is 11.3. The maximum atomic E-state index is 12.4. The topological polar surface area (TPSA) is 61.4 Å². The minimum atomic E-state index is -0.611. The average Bonchev–Trinajstić information content (AvgIpc) is 2.54. The van der Waals surface area contributed by atoms with Crippen molar-refractivity contribution in [1.82, 2.24) is 15.5 Å². The van der Waals surface area contributed by atoms with Gasteiger partial charge in [-0.05, 0) is 44.7 Å². The predicted octanol–water partition coefficient (Wildman–Crippen LogP) is 1.10. The minimum Gasteiger partial charge on any atom is -0.323 e. The summed E-state index contributed by atoms with van der Waals surface area (Å²) < 4.78 is 0. The zero-order valence-corrected chi connectivity index (χ0v) is 11.3. The Morgan fingerprint density at radius 1 is 1.28 bits per heavy atom. The van der Waals surface area contributed by atoms with Gasteiger partial charge in [-0.25, -0.2) is 4.79 Å². The summed E-state index contributed by atoms with van der Waals surface area (Å²) in [7, 11) is 0. The molecular formula is C13H23N3O2. The number of carbonyl (C=O) groups is 2. The molecule has 2 saturated heterocycles. The van der Waals surface area contributed by atoms with Gasteiger partial charge in [-0.2, -0.15) is 0 Å². The molecule has 3 amide bonds. The lowest BCUT2D eigenvalue weighted by molar-refractivity contribution is -0.132. The first-order valence-corrected chi connectivity index (χ1v) is 6.90. The molecule has 0 aliphatic carbocycles. The van der Waals surface area contributed by atoms with Crippen molar-refractivity contribution in [3.05, 3.63) is 0 Å². The van der Waals surface area contributed by atoms with Crippen molar-refractivity contribution in [2.24, 2.45) is 5.92 Å². The van der Waals surface area contributed by atoms with Crippen LogP contribution in [0.2, 0.25) is 0 Å². The van der Waals surface area contributed by atoms with E-state index in [1.165, 1.54) is 4.90 Å². The molecule has 0 aromatic carbocycles. The summed E-state index contributed by atoms with van der Waals surface area (Å²) in [6.07, 6.45) is 3.35. The van der Waals surface area contributed by atoms with Crippen molar-refractivity contribution in [2.75, 3.05) is 19.6 Å². The normalized spacial score (nSPS) is 22.9. The number of amides is 3. The number of rotatable bonds is 4. The highest BCUT2D eigenvalue weighted by Crippen LogP contribution is 2.27. The highest BCUT2D eigenvalue weighted by Gasteiger charge is 2.50. The molecule has 0 radical (unpaired) electrons.